The summed E-state index contributed by atoms with van der Waals surface area (Å²) in [5, 5.41) is 11.9. The summed E-state index contributed by atoms with van der Waals surface area (Å²) in [6.07, 6.45) is 1.85. The Balaban J connectivity index is 2.27. The number of hydrogen-bond donors (Lipinski definition) is 3. The molecule has 6 nitrogen and oxygen atoms in total. The van der Waals surface area contributed by atoms with Crippen LogP contribution in [-0.2, 0) is 14.4 Å². The number of carbonyl (C=O) groups excluding carboxylic acids is 2. The first-order valence-corrected chi connectivity index (χ1v) is 5.98. The fourth-order valence-electron chi connectivity index (χ4n) is 1.82. The number of nitrogens with one attached hydrogen (secondary N) is 2. The van der Waals surface area contributed by atoms with Crippen molar-refractivity contribution in [2.24, 2.45) is 11.8 Å². The van der Waals surface area contributed by atoms with Gasteiger partial charge in [-0.3, -0.25) is 4.79 Å². The summed E-state index contributed by atoms with van der Waals surface area (Å²) in [5.74, 6) is -1.84. The van der Waals surface area contributed by atoms with Crippen molar-refractivity contribution in [2.45, 2.75) is 39.3 Å². The van der Waals surface area contributed by atoms with Crippen LogP contribution in [0.1, 0.15) is 33.1 Å². The average Bonchev–Trinajstić information content (AvgIpc) is 2.59. The van der Waals surface area contributed by atoms with E-state index in [-0.39, 0.29) is 0 Å². The summed E-state index contributed by atoms with van der Waals surface area (Å²) < 4.78 is 0. The molecule has 0 aromatic heterocycles. The van der Waals surface area contributed by atoms with Crippen LogP contribution in [0.15, 0.2) is 0 Å². The van der Waals surface area contributed by atoms with E-state index >= 15 is 0 Å². The van der Waals surface area contributed by atoms with Crippen molar-refractivity contribution >= 4 is 11.9 Å². The highest BCUT2D eigenvalue weighted by Crippen LogP contribution is 2.12. The van der Waals surface area contributed by atoms with Crippen molar-refractivity contribution in [2.75, 3.05) is 6.54 Å². The molecule has 1 aliphatic heterocycles. The third kappa shape index (κ3) is 3.98. The van der Waals surface area contributed by atoms with Gasteiger partial charge in [-0.25, -0.2) is 4.79 Å². The maximum absolute atomic E-state index is 11.6. The number of carbonyl (C=O) groups is 2. The van der Waals surface area contributed by atoms with Gasteiger partial charge in [0.05, 0.1) is 0 Å². The molecule has 1 amide bonds. The van der Waals surface area contributed by atoms with Gasteiger partial charge in [0.15, 0.2) is 12.1 Å². The lowest BCUT2D eigenvalue weighted by atomic mass is 10.0. The Morgan fingerprint density at radius 2 is 2.29 bits per heavy atom. The highest BCUT2D eigenvalue weighted by atomic mass is 16.7. The molecule has 3 atom stereocenters. The minimum absolute atomic E-state index is 0.490. The van der Waals surface area contributed by atoms with Crippen LogP contribution in [0, 0.1) is 11.8 Å². The molecule has 98 valence electrons. The van der Waals surface area contributed by atoms with Crippen molar-refractivity contribution in [3.05, 3.63) is 0 Å². The molecule has 1 aliphatic rings. The van der Waals surface area contributed by atoms with Crippen molar-refractivity contribution in [1.29, 1.82) is 0 Å². The highest BCUT2D eigenvalue weighted by molar-refractivity contribution is 5.99. The zero-order valence-electron chi connectivity index (χ0n) is 10.2. The van der Waals surface area contributed by atoms with E-state index in [1.54, 1.807) is 0 Å². The van der Waals surface area contributed by atoms with Crippen molar-refractivity contribution in [3.63, 3.8) is 0 Å². The summed E-state index contributed by atoms with van der Waals surface area (Å²) in [7, 11) is 0. The quantitative estimate of drug-likeness (QED) is 0.569. The van der Waals surface area contributed by atoms with E-state index in [1.807, 2.05) is 0 Å². The third-order valence-corrected chi connectivity index (χ3v) is 2.85. The van der Waals surface area contributed by atoms with Crippen molar-refractivity contribution in [1.82, 2.24) is 10.8 Å². The summed E-state index contributed by atoms with van der Waals surface area (Å²) in [6, 6.07) is 0. The van der Waals surface area contributed by atoms with E-state index in [2.05, 4.69) is 29.5 Å². The van der Waals surface area contributed by atoms with Gasteiger partial charge in [0.2, 0.25) is 5.91 Å². The summed E-state index contributed by atoms with van der Waals surface area (Å²) in [4.78, 5) is 27.1. The molecule has 1 saturated heterocycles. The maximum Gasteiger partial charge on any atom is 0.341 e. The Morgan fingerprint density at radius 3 is 2.82 bits per heavy atom. The standard InChI is InChI=1S/C11H20N2O4/c1-3-4-7(2)5-6-12-9(14)8-10(15)13-17-11(8)16/h7-8,10,13,15H,3-6H2,1-2H3,(H,12,14). The SMILES string of the molecule is CCCC(C)CCNC(=O)C1C(=O)ONC1O. The number of amides is 1. The van der Waals surface area contributed by atoms with E-state index in [0.717, 1.165) is 19.3 Å². The smallest absolute Gasteiger partial charge is 0.341 e. The van der Waals surface area contributed by atoms with Gasteiger partial charge in [-0.2, -0.15) is 0 Å². The summed E-state index contributed by atoms with van der Waals surface area (Å²) >= 11 is 0. The second kappa shape index (κ2) is 6.56. The zero-order valence-corrected chi connectivity index (χ0v) is 10.2. The van der Waals surface area contributed by atoms with Crippen LogP contribution in [-0.4, -0.2) is 29.8 Å². The molecule has 0 saturated carbocycles. The number of aliphatic hydroxyl groups excluding tert-OH is 1. The molecule has 17 heavy (non-hydrogen) atoms. The molecule has 0 bridgehead atoms. The van der Waals surface area contributed by atoms with Gasteiger partial charge in [0.25, 0.3) is 0 Å². The van der Waals surface area contributed by atoms with Crippen LogP contribution < -0.4 is 10.8 Å². The number of hydroxylamine groups is 1. The molecular weight excluding hydrogens is 224 g/mol. The molecule has 1 rings (SSSR count). The molecule has 0 aliphatic carbocycles. The topological polar surface area (TPSA) is 87.7 Å². The Labute approximate surface area is 101 Å². The summed E-state index contributed by atoms with van der Waals surface area (Å²) in [5.41, 5.74) is 2.06. The highest BCUT2D eigenvalue weighted by Gasteiger charge is 2.41. The lowest BCUT2D eigenvalue weighted by Crippen LogP contribution is -2.40. The molecule has 3 unspecified atom stereocenters. The fourth-order valence-corrected chi connectivity index (χ4v) is 1.82. The van der Waals surface area contributed by atoms with Gasteiger partial charge in [-0.1, -0.05) is 26.7 Å². The van der Waals surface area contributed by atoms with Crippen LogP contribution in [0.4, 0.5) is 0 Å². The minimum Gasteiger partial charge on any atom is -0.374 e. The Morgan fingerprint density at radius 1 is 1.59 bits per heavy atom. The first-order chi connectivity index (χ1) is 8.06. The number of aliphatic hydroxyl groups is 1. The van der Waals surface area contributed by atoms with Crippen molar-refractivity contribution < 1.29 is 19.5 Å². The summed E-state index contributed by atoms with van der Waals surface area (Å²) in [6.45, 7) is 4.75. The van der Waals surface area contributed by atoms with E-state index in [4.69, 9.17) is 0 Å². The van der Waals surface area contributed by atoms with E-state index in [0.29, 0.717) is 12.5 Å². The molecule has 3 N–H and O–H groups in total. The lowest BCUT2D eigenvalue weighted by Gasteiger charge is -2.13. The second-order valence-electron chi connectivity index (χ2n) is 4.44. The molecule has 0 spiro atoms. The number of hydrogen-bond acceptors (Lipinski definition) is 5. The maximum atomic E-state index is 11.6. The second-order valence-corrected chi connectivity index (χ2v) is 4.44. The van der Waals surface area contributed by atoms with Crippen LogP contribution in [0.2, 0.25) is 0 Å². The van der Waals surface area contributed by atoms with E-state index in [1.165, 1.54) is 0 Å². The van der Waals surface area contributed by atoms with Crippen LogP contribution >= 0.6 is 0 Å². The predicted octanol–water partition coefficient (Wildman–Crippen LogP) is -0.0751. The van der Waals surface area contributed by atoms with E-state index < -0.39 is 24.0 Å². The lowest BCUT2D eigenvalue weighted by molar-refractivity contribution is -0.148. The van der Waals surface area contributed by atoms with Gasteiger partial charge < -0.3 is 15.3 Å². The monoisotopic (exact) mass is 244 g/mol. The fraction of sp³-hybridized carbons (Fsp3) is 0.818. The van der Waals surface area contributed by atoms with Gasteiger partial charge in [0, 0.05) is 6.54 Å². The molecule has 6 heteroatoms. The molecule has 0 radical (unpaired) electrons. The molecular formula is C11H20N2O4. The van der Waals surface area contributed by atoms with Crippen LogP contribution in [0.5, 0.6) is 0 Å². The van der Waals surface area contributed by atoms with Gasteiger partial charge in [0.1, 0.15) is 0 Å². The third-order valence-electron chi connectivity index (χ3n) is 2.85. The molecule has 1 heterocycles. The largest absolute Gasteiger partial charge is 0.374 e. The Bertz CT molecular complexity index is 283. The number of rotatable bonds is 6. The first-order valence-electron chi connectivity index (χ1n) is 5.98. The van der Waals surface area contributed by atoms with Crippen molar-refractivity contribution in [3.8, 4) is 0 Å². The molecule has 0 aromatic rings. The molecule has 0 aromatic carbocycles. The minimum atomic E-state index is -1.25. The predicted molar refractivity (Wildman–Crippen MR) is 60.4 cm³/mol. The van der Waals surface area contributed by atoms with Gasteiger partial charge in [-0.15, -0.1) is 5.48 Å². The van der Waals surface area contributed by atoms with Gasteiger partial charge in [-0.05, 0) is 12.3 Å². The van der Waals surface area contributed by atoms with E-state index in [9.17, 15) is 14.7 Å². The van der Waals surface area contributed by atoms with Gasteiger partial charge >= 0.3 is 5.97 Å². The van der Waals surface area contributed by atoms with Crippen LogP contribution in [0.25, 0.3) is 0 Å². The normalized spacial score (nSPS) is 25.5. The average molecular weight is 244 g/mol. The first kappa shape index (κ1) is 13.9. The van der Waals surface area contributed by atoms with Crippen LogP contribution in [0.3, 0.4) is 0 Å². The molecule has 1 fully saturated rings. The Hall–Kier alpha value is -1.14. The Kier molecular flexibility index (Phi) is 5.37. The zero-order chi connectivity index (χ0) is 12.8.